The molecule has 0 radical (unpaired) electrons. The Bertz CT molecular complexity index is 1280. The maximum absolute atomic E-state index is 13.5. The number of carbonyl (C=O) groups excluding carboxylic acids is 2. The molecular weight excluding hydrogens is 427 g/mol. The molecule has 5 rings (SSSR count). The largest absolute Gasteiger partial charge is 0.338 e. The average molecular weight is 452 g/mol. The van der Waals surface area contributed by atoms with Crippen LogP contribution in [0.1, 0.15) is 52.1 Å². The predicted molar refractivity (Wildman–Crippen MR) is 118 cm³/mol. The van der Waals surface area contributed by atoms with Crippen LogP contribution in [-0.4, -0.2) is 67.5 Å². The number of fused-ring (bicyclic) bond motifs is 1. The van der Waals surface area contributed by atoms with Gasteiger partial charge in [-0.25, -0.2) is 9.37 Å². The molecule has 0 spiro atoms. The average Bonchev–Trinajstić information content (AvgIpc) is 3.47. The molecule has 0 saturated carbocycles. The van der Waals surface area contributed by atoms with Crippen molar-refractivity contribution in [3.05, 3.63) is 57.5 Å². The number of hydrogen-bond donors (Lipinski definition) is 2. The van der Waals surface area contributed by atoms with E-state index in [4.69, 9.17) is 0 Å². The highest BCUT2D eigenvalue weighted by atomic mass is 19.1. The smallest absolute Gasteiger partial charge is 0.273 e. The van der Waals surface area contributed by atoms with Crippen LogP contribution >= 0.6 is 0 Å². The van der Waals surface area contributed by atoms with Crippen LogP contribution < -0.4 is 5.56 Å². The van der Waals surface area contributed by atoms with E-state index in [0.29, 0.717) is 30.8 Å². The zero-order valence-electron chi connectivity index (χ0n) is 18.3. The number of piperidine rings is 1. The van der Waals surface area contributed by atoms with Crippen molar-refractivity contribution in [2.75, 3.05) is 19.6 Å². The maximum Gasteiger partial charge on any atom is 0.273 e. The lowest BCUT2D eigenvalue weighted by Gasteiger charge is -2.39. The van der Waals surface area contributed by atoms with Crippen molar-refractivity contribution in [1.29, 1.82) is 0 Å². The van der Waals surface area contributed by atoms with Crippen LogP contribution in [0.15, 0.2) is 29.3 Å². The quantitative estimate of drug-likeness (QED) is 0.633. The number of halogens is 1. The molecule has 4 heterocycles. The number of hydrogen-bond acceptors (Lipinski definition) is 5. The predicted octanol–water partition coefficient (Wildman–Crippen LogP) is 2.25. The van der Waals surface area contributed by atoms with Crippen LogP contribution in [0.3, 0.4) is 0 Å². The number of nitrogens with zero attached hydrogens (tertiary/aromatic N) is 4. The molecule has 172 valence electrons. The first-order valence-corrected chi connectivity index (χ1v) is 11.2. The van der Waals surface area contributed by atoms with Crippen LogP contribution in [0.4, 0.5) is 4.39 Å². The molecule has 2 atom stereocenters. The molecule has 0 aliphatic carbocycles. The fourth-order valence-electron chi connectivity index (χ4n) is 5.19. The van der Waals surface area contributed by atoms with E-state index in [9.17, 15) is 18.8 Å². The molecule has 3 aromatic rings. The van der Waals surface area contributed by atoms with Crippen molar-refractivity contribution in [2.45, 2.75) is 38.6 Å². The number of H-pyrrole nitrogens is 2. The van der Waals surface area contributed by atoms with Crippen molar-refractivity contribution in [3.63, 3.8) is 0 Å². The molecule has 2 aliphatic rings. The molecule has 10 heteroatoms. The highest BCUT2D eigenvalue weighted by Crippen LogP contribution is 2.32. The second kappa shape index (κ2) is 8.42. The topological polar surface area (TPSA) is 115 Å². The van der Waals surface area contributed by atoms with E-state index in [2.05, 4.69) is 20.2 Å². The summed E-state index contributed by atoms with van der Waals surface area (Å²) < 4.78 is 13.5. The Kier molecular flexibility index (Phi) is 5.43. The van der Waals surface area contributed by atoms with E-state index >= 15 is 0 Å². The Hall–Kier alpha value is -3.56. The number of rotatable bonds is 3. The number of benzene rings is 1. The SMILES string of the molecule is Cc1cc(F)ccc1C(=O)N1CCC(C2CCCCN2C(=O)c2[nH]nc3nc[nH]c(=O)c23)C1. The lowest BCUT2D eigenvalue weighted by Crippen LogP contribution is -2.48. The van der Waals surface area contributed by atoms with Gasteiger partial charge in [-0.3, -0.25) is 19.5 Å². The van der Waals surface area contributed by atoms with Crippen molar-refractivity contribution in [3.8, 4) is 0 Å². The van der Waals surface area contributed by atoms with Crippen LogP contribution in [0.5, 0.6) is 0 Å². The van der Waals surface area contributed by atoms with E-state index in [1.807, 2.05) is 4.90 Å². The standard InChI is InChI=1S/C23H25FN6O3/c1-13-10-15(24)5-6-16(13)22(32)29-9-7-14(11-29)17-4-2-3-8-30(17)23(33)19-18-20(28-27-19)25-12-26-21(18)31/h5-6,10,12,14,17H,2-4,7-9,11H2,1H3,(H2,25,26,27,28,31). The van der Waals surface area contributed by atoms with Gasteiger partial charge in [0.2, 0.25) is 0 Å². The first-order chi connectivity index (χ1) is 15.9. The summed E-state index contributed by atoms with van der Waals surface area (Å²) >= 11 is 0. The van der Waals surface area contributed by atoms with Gasteiger partial charge in [-0.15, -0.1) is 0 Å². The third-order valence-electron chi connectivity index (χ3n) is 6.86. The Balaban J connectivity index is 1.36. The third kappa shape index (κ3) is 3.79. The van der Waals surface area contributed by atoms with Crippen LogP contribution in [-0.2, 0) is 0 Å². The first kappa shape index (κ1) is 21.3. The zero-order valence-corrected chi connectivity index (χ0v) is 18.3. The van der Waals surface area contributed by atoms with Gasteiger partial charge >= 0.3 is 0 Å². The first-order valence-electron chi connectivity index (χ1n) is 11.2. The molecule has 2 saturated heterocycles. The summed E-state index contributed by atoms with van der Waals surface area (Å²) in [6, 6.07) is 4.17. The van der Waals surface area contributed by atoms with E-state index in [1.54, 1.807) is 11.8 Å². The minimum absolute atomic E-state index is 0.0348. The minimum Gasteiger partial charge on any atom is -0.338 e. The summed E-state index contributed by atoms with van der Waals surface area (Å²) in [5.41, 5.74) is 1.08. The summed E-state index contributed by atoms with van der Waals surface area (Å²) in [5, 5.41) is 6.89. The van der Waals surface area contributed by atoms with Gasteiger partial charge in [0.15, 0.2) is 5.65 Å². The van der Waals surface area contributed by atoms with Crippen LogP contribution in [0.2, 0.25) is 0 Å². The van der Waals surface area contributed by atoms with E-state index < -0.39 is 5.56 Å². The Morgan fingerprint density at radius 2 is 2.00 bits per heavy atom. The van der Waals surface area contributed by atoms with Crippen molar-refractivity contribution in [1.82, 2.24) is 30.0 Å². The van der Waals surface area contributed by atoms with Gasteiger partial charge in [0.05, 0.1) is 6.33 Å². The summed E-state index contributed by atoms with van der Waals surface area (Å²) in [5.74, 6) is -0.606. The fourth-order valence-corrected chi connectivity index (χ4v) is 5.19. The van der Waals surface area contributed by atoms with E-state index in [1.165, 1.54) is 24.5 Å². The highest BCUT2D eigenvalue weighted by molar-refractivity contribution is 6.03. The number of likely N-dealkylation sites (tertiary alicyclic amines) is 2. The van der Waals surface area contributed by atoms with Crippen LogP contribution in [0, 0.1) is 18.7 Å². The lowest BCUT2D eigenvalue weighted by molar-refractivity contribution is 0.0511. The number of aryl methyl sites for hydroxylation is 1. The minimum atomic E-state index is -0.405. The van der Waals surface area contributed by atoms with E-state index in [-0.39, 0.29) is 46.3 Å². The molecule has 2 aromatic heterocycles. The van der Waals surface area contributed by atoms with Crippen molar-refractivity contribution < 1.29 is 14.0 Å². The van der Waals surface area contributed by atoms with E-state index in [0.717, 1.165) is 25.7 Å². The van der Waals surface area contributed by atoms with Gasteiger partial charge in [-0.2, -0.15) is 5.10 Å². The Morgan fingerprint density at radius 3 is 2.82 bits per heavy atom. The molecule has 2 fully saturated rings. The number of nitrogens with one attached hydrogen (secondary N) is 2. The second-order valence-corrected chi connectivity index (χ2v) is 8.85. The van der Waals surface area contributed by atoms with Gasteiger partial charge in [0.1, 0.15) is 16.9 Å². The molecular formula is C23H25FN6O3. The second-order valence-electron chi connectivity index (χ2n) is 8.85. The Labute approximate surface area is 189 Å². The van der Waals surface area contributed by atoms with Crippen molar-refractivity contribution in [2.24, 2.45) is 5.92 Å². The zero-order chi connectivity index (χ0) is 23.1. The molecule has 9 nitrogen and oxygen atoms in total. The maximum atomic E-state index is 13.5. The number of carbonyl (C=O) groups is 2. The van der Waals surface area contributed by atoms with Crippen LogP contribution in [0.25, 0.3) is 11.0 Å². The molecule has 2 amide bonds. The summed E-state index contributed by atoms with van der Waals surface area (Å²) in [6.45, 7) is 3.45. The summed E-state index contributed by atoms with van der Waals surface area (Å²) in [6.07, 6.45) is 4.77. The van der Waals surface area contributed by atoms with Crippen molar-refractivity contribution >= 4 is 22.8 Å². The number of aromatic nitrogens is 4. The van der Waals surface area contributed by atoms with Gasteiger partial charge in [-0.05, 0) is 62.3 Å². The summed E-state index contributed by atoms with van der Waals surface area (Å²) in [7, 11) is 0. The summed E-state index contributed by atoms with van der Waals surface area (Å²) in [4.78, 5) is 49.0. The van der Waals surface area contributed by atoms with Gasteiger partial charge in [0.25, 0.3) is 17.4 Å². The lowest BCUT2D eigenvalue weighted by atomic mass is 9.89. The number of amides is 2. The highest BCUT2D eigenvalue weighted by Gasteiger charge is 2.39. The molecule has 0 bridgehead atoms. The number of aromatic amines is 2. The molecule has 2 N–H and O–H groups in total. The molecule has 33 heavy (non-hydrogen) atoms. The van der Waals surface area contributed by atoms with Gasteiger partial charge in [-0.1, -0.05) is 0 Å². The third-order valence-corrected chi connectivity index (χ3v) is 6.86. The monoisotopic (exact) mass is 452 g/mol. The Morgan fingerprint density at radius 1 is 1.15 bits per heavy atom. The molecule has 1 aromatic carbocycles. The molecule has 2 unspecified atom stereocenters. The van der Waals surface area contributed by atoms with Gasteiger partial charge < -0.3 is 14.8 Å². The van der Waals surface area contributed by atoms with Gasteiger partial charge in [0, 0.05) is 31.2 Å². The fraction of sp³-hybridized carbons (Fsp3) is 0.435. The normalized spacial score (nSPS) is 21.0. The molecule has 2 aliphatic heterocycles.